The van der Waals surface area contributed by atoms with E-state index in [1.54, 1.807) is 0 Å². The van der Waals surface area contributed by atoms with E-state index in [1.807, 2.05) is 0 Å². The lowest BCUT2D eigenvalue weighted by molar-refractivity contribution is -0.153. The van der Waals surface area contributed by atoms with Gasteiger partial charge in [-0.2, -0.15) is 0 Å². The molecule has 0 saturated carbocycles. The second kappa shape index (κ2) is 5.06. The van der Waals surface area contributed by atoms with Crippen molar-refractivity contribution in [2.75, 3.05) is 7.11 Å². The smallest absolute Gasteiger partial charge is 0.348 e. The minimum absolute atomic E-state index is 0.167. The van der Waals surface area contributed by atoms with Gasteiger partial charge >= 0.3 is 11.9 Å². The Hall–Kier alpha value is -1.44. The molecule has 16 heavy (non-hydrogen) atoms. The number of carbonyl (C=O) groups excluding carboxylic acids is 1. The number of carboxylic acid groups (broad SMARTS) is 1. The minimum atomic E-state index is -1.92. The number of carboxylic acids is 1. The molecule has 1 heterocycles. The summed E-state index contributed by atoms with van der Waals surface area (Å²) < 4.78 is 4.45. The van der Waals surface area contributed by atoms with E-state index in [0.29, 0.717) is 0 Å². The van der Waals surface area contributed by atoms with Gasteiger partial charge in [-0.15, -0.1) is 11.3 Å². The lowest BCUT2D eigenvalue weighted by Crippen LogP contribution is -2.27. The maximum absolute atomic E-state index is 11.1. The fourth-order valence-electron chi connectivity index (χ4n) is 1.03. The molecule has 2 atom stereocenters. The summed E-state index contributed by atoms with van der Waals surface area (Å²) in [4.78, 5) is 21.7. The number of rotatable bonds is 4. The summed E-state index contributed by atoms with van der Waals surface area (Å²) in [5.41, 5.74) is 0.167. The Balaban J connectivity index is 2.85. The second-order valence-electron chi connectivity index (χ2n) is 2.96. The molecule has 0 radical (unpaired) electrons. The van der Waals surface area contributed by atoms with Crippen LogP contribution in [0.2, 0.25) is 0 Å². The van der Waals surface area contributed by atoms with Crippen molar-refractivity contribution in [3.63, 3.8) is 0 Å². The van der Waals surface area contributed by atoms with Crippen LogP contribution in [0.5, 0.6) is 0 Å². The Kier molecular flexibility index (Phi) is 3.99. The molecule has 0 bridgehead atoms. The van der Waals surface area contributed by atoms with E-state index in [0.717, 1.165) is 11.3 Å². The zero-order valence-electron chi connectivity index (χ0n) is 8.28. The number of aliphatic hydroxyl groups is 2. The number of carbonyl (C=O) groups is 2. The Labute approximate surface area is 94.7 Å². The first-order chi connectivity index (χ1) is 7.47. The van der Waals surface area contributed by atoms with Gasteiger partial charge in [-0.25, -0.2) is 9.59 Å². The van der Waals surface area contributed by atoms with Gasteiger partial charge in [0.25, 0.3) is 0 Å². The Morgan fingerprint density at radius 2 is 2.06 bits per heavy atom. The van der Waals surface area contributed by atoms with E-state index in [1.165, 1.54) is 18.6 Å². The first-order valence-electron chi connectivity index (χ1n) is 4.23. The lowest BCUT2D eigenvalue weighted by atomic mass is 10.1. The molecule has 7 heteroatoms. The molecule has 0 aliphatic heterocycles. The van der Waals surface area contributed by atoms with E-state index in [9.17, 15) is 14.7 Å². The largest absolute Gasteiger partial charge is 0.479 e. The average Bonchev–Trinajstić information content (AvgIpc) is 2.75. The topological polar surface area (TPSA) is 104 Å². The SMILES string of the molecule is COC(=O)c1cc(C(O)C(O)C(=O)O)cs1. The maximum Gasteiger partial charge on any atom is 0.348 e. The minimum Gasteiger partial charge on any atom is -0.479 e. The van der Waals surface area contributed by atoms with Crippen molar-refractivity contribution in [3.8, 4) is 0 Å². The molecule has 0 aromatic carbocycles. The molecule has 1 rings (SSSR count). The zero-order chi connectivity index (χ0) is 12.3. The van der Waals surface area contributed by atoms with Crippen LogP contribution in [-0.4, -0.2) is 40.5 Å². The number of thiophene rings is 1. The van der Waals surface area contributed by atoms with Crippen LogP contribution in [0.1, 0.15) is 21.3 Å². The average molecular weight is 246 g/mol. The van der Waals surface area contributed by atoms with Gasteiger partial charge in [-0.05, 0) is 17.0 Å². The van der Waals surface area contributed by atoms with Crippen molar-refractivity contribution >= 4 is 23.3 Å². The van der Waals surface area contributed by atoms with Gasteiger partial charge < -0.3 is 20.1 Å². The van der Waals surface area contributed by atoms with Crippen molar-refractivity contribution in [2.45, 2.75) is 12.2 Å². The Morgan fingerprint density at radius 1 is 1.44 bits per heavy atom. The van der Waals surface area contributed by atoms with Crippen LogP contribution in [0, 0.1) is 0 Å². The third-order valence-electron chi connectivity index (χ3n) is 1.90. The summed E-state index contributed by atoms with van der Waals surface area (Å²) in [5, 5.41) is 28.4. The highest BCUT2D eigenvalue weighted by atomic mass is 32.1. The number of esters is 1. The third kappa shape index (κ3) is 2.57. The maximum atomic E-state index is 11.1. The van der Waals surface area contributed by atoms with Crippen molar-refractivity contribution in [3.05, 3.63) is 21.9 Å². The molecule has 88 valence electrons. The zero-order valence-corrected chi connectivity index (χ0v) is 9.10. The van der Waals surface area contributed by atoms with E-state index >= 15 is 0 Å². The summed E-state index contributed by atoms with van der Waals surface area (Å²) in [5.74, 6) is -2.11. The highest BCUT2D eigenvalue weighted by Gasteiger charge is 2.26. The molecule has 0 fully saturated rings. The van der Waals surface area contributed by atoms with Gasteiger partial charge in [0.1, 0.15) is 11.0 Å². The molecule has 0 spiro atoms. The van der Waals surface area contributed by atoms with Gasteiger partial charge in [-0.3, -0.25) is 0 Å². The molecule has 1 aromatic heterocycles. The van der Waals surface area contributed by atoms with Gasteiger partial charge in [0, 0.05) is 0 Å². The highest BCUT2D eigenvalue weighted by molar-refractivity contribution is 7.12. The molecule has 6 nitrogen and oxygen atoms in total. The number of aliphatic hydroxyl groups excluding tert-OH is 2. The predicted molar refractivity (Wildman–Crippen MR) is 54.3 cm³/mol. The highest BCUT2D eigenvalue weighted by Crippen LogP contribution is 2.24. The van der Waals surface area contributed by atoms with Gasteiger partial charge in [0.15, 0.2) is 6.10 Å². The Bertz CT molecular complexity index is 398. The molecule has 1 aromatic rings. The van der Waals surface area contributed by atoms with E-state index in [4.69, 9.17) is 10.2 Å². The predicted octanol–water partition coefficient (Wildman–Crippen LogP) is 0.0136. The molecular formula is C9H10O6S. The molecule has 0 amide bonds. The summed E-state index contributed by atoms with van der Waals surface area (Å²) in [6.45, 7) is 0. The summed E-state index contributed by atoms with van der Waals surface area (Å²) in [7, 11) is 1.21. The Morgan fingerprint density at radius 3 is 2.56 bits per heavy atom. The van der Waals surface area contributed by atoms with Gasteiger partial charge in [0.2, 0.25) is 0 Å². The van der Waals surface area contributed by atoms with E-state index in [-0.39, 0.29) is 10.4 Å². The first kappa shape index (κ1) is 12.6. The quantitative estimate of drug-likeness (QED) is 0.647. The van der Waals surface area contributed by atoms with Crippen molar-refractivity contribution in [2.24, 2.45) is 0 Å². The molecule has 2 unspecified atom stereocenters. The van der Waals surface area contributed by atoms with Gasteiger partial charge in [-0.1, -0.05) is 0 Å². The molecule has 0 aliphatic rings. The number of ether oxygens (including phenoxy) is 1. The number of aliphatic carboxylic acids is 1. The second-order valence-corrected chi connectivity index (χ2v) is 3.88. The number of hydrogen-bond donors (Lipinski definition) is 3. The molecule has 0 aliphatic carbocycles. The van der Waals surface area contributed by atoms with E-state index in [2.05, 4.69) is 4.74 Å². The standard InChI is InChI=1S/C9H10O6S/c1-15-9(14)5-2-4(3-16-5)6(10)7(11)8(12)13/h2-3,6-7,10-11H,1H3,(H,12,13). The monoisotopic (exact) mass is 246 g/mol. The van der Waals surface area contributed by atoms with Crippen LogP contribution in [-0.2, 0) is 9.53 Å². The summed E-state index contributed by atoms with van der Waals surface area (Å²) in [6, 6.07) is 1.29. The number of hydrogen-bond acceptors (Lipinski definition) is 6. The normalized spacial score (nSPS) is 14.2. The first-order valence-corrected chi connectivity index (χ1v) is 5.11. The van der Waals surface area contributed by atoms with Crippen LogP contribution < -0.4 is 0 Å². The van der Waals surface area contributed by atoms with Gasteiger partial charge in [0.05, 0.1) is 7.11 Å². The fraction of sp³-hybridized carbons (Fsp3) is 0.333. The molecule has 0 saturated heterocycles. The van der Waals surface area contributed by atoms with Crippen molar-refractivity contribution in [1.82, 2.24) is 0 Å². The van der Waals surface area contributed by atoms with Crippen LogP contribution in [0.4, 0.5) is 0 Å². The third-order valence-corrected chi connectivity index (χ3v) is 2.83. The lowest BCUT2D eigenvalue weighted by Gasteiger charge is -2.11. The van der Waals surface area contributed by atoms with Crippen LogP contribution in [0.15, 0.2) is 11.4 Å². The van der Waals surface area contributed by atoms with Crippen LogP contribution >= 0.6 is 11.3 Å². The molecule has 3 N–H and O–H groups in total. The van der Waals surface area contributed by atoms with E-state index < -0.39 is 24.1 Å². The van der Waals surface area contributed by atoms with Crippen molar-refractivity contribution < 1.29 is 29.6 Å². The van der Waals surface area contributed by atoms with Crippen LogP contribution in [0.3, 0.4) is 0 Å². The summed E-state index contributed by atoms with van der Waals surface area (Å²) in [6.07, 6.45) is -3.48. The van der Waals surface area contributed by atoms with Crippen molar-refractivity contribution in [1.29, 1.82) is 0 Å². The number of methoxy groups -OCH3 is 1. The fourth-order valence-corrected chi connectivity index (χ4v) is 1.89. The molecular weight excluding hydrogens is 236 g/mol. The van der Waals surface area contributed by atoms with Crippen LogP contribution in [0.25, 0.3) is 0 Å². The summed E-state index contributed by atoms with van der Waals surface area (Å²) >= 11 is 1.00.